The highest BCUT2D eigenvalue weighted by molar-refractivity contribution is 5.79. The number of piperazine rings is 1. The molecule has 1 aliphatic carbocycles. The van der Waals surface area contributed by atoms with Crippen molar-refractivity contribution >= 4 is 6.09 Å². The summed E-state index contributed by atoms with van der Waals surface area (Å²) >= 11 is 0. The molecule has 4 nitrogen and oxygen atoms in total. The first-order valence-electron chi connectivity index (χ1n) is 8.66. The van der Waals surface area contributed by atoms with Gasteiger partial charge >= 0.3 is 6.09 Å². The van der Waals surface area contributed by atoms with Crippen molar-refractivity contribution in [2.45, 2.75) is 24.4 Å². The van der Waals surface area contributed by atoms with Crippen molar-refractivity contribution < 1.29 is 9.53 Å². The summed E-state index contributed by atoms with van der Waals surface area (Å²) in [5.41, 5.74) is 5.05. The Morgan fingerprint density at radius 2 is 1.75 bits per heavy atom. The number of ether oxygens (including phenoxy) is 1. The highest BCUT2D eigenvalue weighted by atomic mass is 16.6. The molecule has 2 aliphatic heterocycles. The van der Waals surface area contributed by atoms with Crippen LogP contribution in [-0.4, -0.2) is 42.8 Å². The van der Waals surface area contributed by atoms with Gasteiger partial charge in [0.1, 0.15) is 6.61 Å². The van der Waals surface area contributed by atoms with Crippen LogP contribution in [0.2, 0.25) is 0 Å². The lowest BCUT2D eigenvalue weighted by Crippen LogP contribution is -2.46. The lowest BCUT2D eigenvalue weighted by Gasteiger charge is -2.27. The van der Waals surface area contributed by atoms with Gasteiger partial charge in [0.2, 0.25) is 0 Å². The molecule has 0 saturated carbocycles. The van der Waals surface area contributed by atoms with Gasteiger partial charge in [-0.2, -0.15) is 0 Å². The van der Waals surface area contributed by atoms with E-state index >= 15 is 0 Å². The number of hydrogen-bond donors (Lipinski definition) is 1. The van der Waals surface area contributed by atoms with Crippen molar-refractivity contribution in [3.63, 3.8) is 0 Å². The van der Waals surface area contributed by atoms with E-state index in [0.29, 0.717) is 18.7 Å². The zero-order valence-corrected chi connectivity index (χ0v) is 13.4. The number of carbonyl (C=O) groups is 1. The number of hydrogen-bond acceptors (Lipinski definition) is 3. The molecule has 2 aromatic rings. The molecular weight excluding hydrogens is 300 g/mol. The summed E-state index contributed by atoms with van der Waals surface area (Å²) in [5.74, 6) is 0.138. The molecule has 0 spiro atoms. The van der Waals surface area contributed by atoms with Crippen molar-refractivity contribution in [3.8, 4) is 11.1 Å². The SMILES string of the molecule is O=C(OCC1c2ccccc2-c2ccccc21)N1C[C@H]2C[C@H]1CN2. The fourth-order valence-electron chi connectivity index (χ4n) is 4.46. The minimum absolute atomic E-state index is 0.138. The van der Waals surface area contributed by atoms with Crippen LogP contribution in [0.25, 0.3) is 11.1 Å². The van der Waals surface area contributed by atoms with Crippen LogP contribution < -0.4 is 5.32 Å². The molecule has 122 valence electrons. The third-order valence-electron chi connectivity index (χ3n) is 5.63. The van der Waals surface area contributed by atoms with Crippen LogP contribution in [0.15, 0.2) is 48.5 Å². The number of likely N-dealkylation sites (tertiary alicyclic amines) is 1. The smallest absolute Gasteiger partial charge is 0.410 e. The first kappa shape index (κ1) is 14.1. The summed E-state index contributed by atoms with van der Waals surface area (Å²) < 4.78 is 5.74. The van der Waals surface area contributed by atoms with Gasteiger partial charge in [0, 0.05) is 31.1 Å². The molecule has 0 unspecified atom stereocenters. The maximum Gasteiger partial charge on any atom is 0.410 e. The molecule has 24 heavy (non-hydrogen) atoms. The minimum atomic E-state index is -0.161. The third-order valence-corrected chi connectivity index (χ3v) is 5.63. The maximum absolute atomic E-state index is 12.5. The van der Waals surface area contributed by atoms with E-state index in [4.69, 9.17) is 4.74 Å². The predicted molar refractivity (Wildman–Crippen MR) is 92.0 cm³/mol. The Morgan fingerprint density at radius 3 is 2.33 bits per heavy atom. The van der Waals surface area contributed by atoms with Crippen molar-refractivity contribution in [2.75, 3.05) is 19.7 Å². The predicted octanol–water partition coefficient (Wildman–Crippen LogP) is 2.98. The van der Waals surface area contributed by atoms with E-state index in [1.807, 2.05) is 4.90 Å². The second-order valence-electron chi connectivity index (χ2n) is 6.95. The summed E-state index contributed by atoms with van der Waals surface area (Å²) in [7, 11) is 0. The van der Waals surface area contributed by atoms with Crippen LogP contribution in [0.1, 0.15) is 23.5 Å². The summed E-state index contributed by atoms with van der Waals surface area (Å²) in [4.78, 5) is 14.4. The van der Waals surface area contributed by atoms with Crippen LogP contribution in [0.3, 0.4) is 0 Å². The monoisotopic (exact) mass is 320 g/mol. The molecule has 1 N–H and O–H groups in total. The number of amides is 1. The van der Waals surface area contributed by atoms with Crippen molar-refractivity contribution in [1.82, 2.24) is 10.2 Å². The Morgan fingerprint density at radius 1 is 1.08 bits per heavy atom. The zero-order chi connectivity index (χ0) is 16.1. The molecule has 4 heteroatoms. The zero-order valence-electron chi connectivity index (χ0n) is 13.4. The molecule has 1 amide bonds. The van der Waals surface area contributed by atoms with Crippen molar-refractivity contribution in [3.05, 3.63) is 59.7 Å². The summed E-state index contributed by atoms with van der Waals surface area (Å²) in [6.45, 7) is 2.09. The number of rotatable bonds is 2. The highest BCUT2D eigenvalue weighted by Gasteiger charge is 2.41. The Labute approximate surface area is 141 Å². The van der Waals surface area contributed by atoms with Gasteiger partial charge in [-0.1, -0.05) is 48.5 Å². The largest absolute Gasteiger partial charge is 0.448 e. The van der Waals surface area contributed by atoms with Gasteiger partial charge in [0.05, 0.1) is 0 Å². The van der Waals surface area contributed by atoms with Crippen LogP contribution in [0, 0.1) is 0 Å². The second kappa shape index (κ2) is 5.35. The molecule has 2 saturated heterocycles. The van der Waals surface area contributed by atoms with E-state index in [2.05, 4.69) is 53.8 Å². The topological polar surface area (TPSA) is 41.6 Å². The van der Waals surface area contributed by atoms with Gasteiger partial charge in [0.15, 0.2) is 0 Å². The lowest BCUT2D eigenvalue weighted by molar-refractivity contribution is 0.0913. The highest BCUT2D eigenvalue weighted by Crippen LogP contribution is 2.44. The van der Waals surface area contributed by atoms with Gasteiger partial charge in [0.25, 0.3) is 0 Å². The molecule has 0 radical (unpaired) electrons. The Balaban J connectivity index is 1.37. The third kappa shape index (κ3) is 2.06. The standard InChI is InChI=1S/C20H20N2O2/c23-20(22-11-13-9-14(22)10-21-13)24-12-19-17-7-3-1-5-15(17)16-6-2-4-8-18(16)19/h1-8,13-14,19,21H,9-12H2/t13-,14+/m1/s1. The van der Waals surface area contributed by atoms with Gasteiger partial charge in [-0.15, -0.1) is 0 Å². The first-order valence-corrected chi connectivity index (χ1v) is 8.66. The van der Waals surface area contributed by atoms with E-state index in [0.717, 1.165) is 19.5 Å². The van der Waals surface area contributed by atoms with Crippen LogP contribution >= 0.6 is 0 Å². The second-order valence-corrected chi connectivity index (χ2v) is 6.95. The van der Waals surface area contributed by atoms with E-state index < -0.39 is 0 Å². The summed E-state index contributed by atoms with van der Waals surface area (Å²) in [5, 5.41) is 3.41. The molecule has 2 heterocycles. The number of fused-ring (bicyclic) bond motifs is 5. The number of benzene rings is 2. The number of carbonyl (C=O) groups excluding carboxylic acids is 1. The molecule has 5 rings (SSSR count). The molecule has 2 aromatic carbocycles. The van der Waals surface area contributed by atoms with E-state index in [1.54, 1.807) is 0 Å². The fraction of sp³-hybridized carbons (Fsp3) is 0.350. The fourth-order valence-corrected chi connectivity index (χ4v) is 4.46. The molecule has 2 bridgehead atoms. The number of nitrogens with one attached hydrogen (secondary N) is 1. The van der Waals surface area contributed by atoms with Crippen LogP contribution in [0.5, 0.6) is 0 Å². The van der Waals surface area contributed by atoms with Gasteiger partial charge in [-0.05, 0) is 28.7 Å². The Kier molecular flexibility index (Phi) is 3.13. The normalized spacial score (nSPS) is 24.1. The minimum Gasteiger partial charge on any atom is -0.448 e. The number of nitrogens with zero attached hydrogens (tertiary/aromatic N) is 1. The van der Waals surface area contributed by atoms with E-state index in [-0.39, 0.29) is 12.0 Å². The first-order chi connectivity index (χ1) is 11.8. The van der Waals surface area contributed by atoms with Gasteiger partial charge in [-0.25, -0.2) is 4.79 Å². The molecule has 0 aromatic heterocycles. The molecule has 2 atom stereocenters. The quantitative estimate of drug-likeness (QED) is 0.925. The molecular formula is C20H20N2O2. The Bertz CT molecular complexity index is 758. The summed E-state index contributed by atoms with van der Waals surface area (Å²) in [6.07, 6.45) is 0.898. The van der Waals surface area contributed by atoms with Crippen LogP contribution in [0.4, 0.5) is 4.79 Å². The average Bonchev–Trinajstić information content (AvgIpc) is 3.33. The Hall–Kier alpha value is -2.33. The van der Waals surface area contributed by atoms with E-state index in [9.17, 15) is 4.79 Å². The molecule has 2 fully saturated rings. The maximum atomic E-state index is 12.5. The molecule has 3 aliphatic rings. The van der Waals surface area contributed by atoms with E-state index in [1.165, 1.54) is 22.3 Å². The van der Waals surface area contributed by atoms with Crippen molar-refractivity contribution in [1.29, 1.82) is 0 Å². The average molecular weight is 320 g/mol. The van der Waals surface area contributed by atoms with Crippen molar-refractivity contribution in [2.24, 2.45) is 0 Å². The van der Waals surface area contributed by atoms with Gasteiger partial charge in [-0.3, -0.25) is 0 Å². The van der Waals surface area contributed by atoms with Crippen LogP contribution in [-0.2, 0) is 4.74 Å². The lowest BCUT2D eigenvalue weighted by atomic mass is 9.98. The van der Waals surface area contributed by atoms with Gasteiger partial charge < -0.3 is 15.0 Å². The summed E-state index contributed by atoms with van der Waals surface area (Å²) in [6, 6.07) is 17.6.